The van der Waals surface area contributed by atoms with E-state index in [1.807, 2.05) is 26.0 Å². The molecular weight excluding hydrogens is 252 g/mol. The monoisotopic (exact) mass is 278 g/mol. The standard InChI is InChI=1S/C16H26N2O2/c1-4-17-12-11-14-7-9-15(10-8-14)20-13-16(19)18(5-2)6-3/h7-10,17H,4-6,11-13H2,1-3H3. The Morgan fingerprint density at radius 2 is 1.80 bits per heavy atom. The summed E-state index contributed by atoms with van der Waals surface area (Å²) in [7, 11) is 0. The van der Waals surface area contributed by atoms with Crippen LogP contribution in [0.15, 0.2) is 24.3 Å². The first-order valence-electron chi connectivity index (χ1n) is 7.41. The van der Waals surface area contributed by atoms with Crippen LogP contribution in [0, 0.1) is 0 Å². The van der Waals surface area contributed by atoms with E-state index < -0.39 is 0 Å². The van der Waals surface area contributed by atoms with Crippen LogP contribution < -0.4 is 10.1 Å². The number of hydrogen-bond acceptors (Lipinski definition) is 3. The van der Waals surface area contributed by atoms with Gasteiger partial charge in [-0.05, 0) is 51.1 Å². The minimum atomic E-state index is 0.0335. The Morgan fingerprint density at radius 1 is 1.15 bits per heavy atom. The first kappa shape index (κ1) is 16.5. The molecule has 112 valence electrons. The van der Waals surface area contributed by atoms with E-state index >= 15 is 0 Å². The van der Waals surface area contributed by atoms with E-state index in [0.29, 0.717) is 0 Å². The fourth-order valence-corrected chi connectivity index (χ4v) is 1.97. The molecular formula is C16H26N2O2. The molecule has 0 saturated heterocycles. The SMILES string of the molecule is CCNCCc1ccc(OCC(=O)N(CC)CC)cc1. The van der Waals surface area contributed by atoms with Crippen molar-refractivity contribution >= 4 is 5.91 Å². The summed E-state index contributed by atoms with van der Waals surface area (Å²) in [5.74, 6) is 0.781. The van der Waals surface area contributed by atoms with Crippen LogP contribution in [-0.2, 0) is 11.2 Å². The van der Waals surface area contributed by atoms with Gasteiger partial charge in [0.05, 0.1) is 0 Å². The molecule has 20 heavy (non-hydrogen) atoms. The Morgan fingerprint density at radius 3 is 2.35 bits per heavy atom. The molecule has 4 nitrogen and oxygen atoms in total. The summed E-state index contributed by atoms with van der Waals surface area (Å²) >= 11 is 0. The third kappa shape index (κ3) is 5.61. The van der Waals surface area contributed by atoms with Gasteiger partial charge in [0.15, 0.2) is 6.61 Å². The maximum atomic E-state index is 11.8. The minimum Gasteiger partial charge on any atom is -0.484 e. The van der Waals surface area contributed by atoms with Gasteiger partial charge in [0.2, 0.25) is 0 Å². The van der Waals surface area contributed by atoms with E-state index in [4.69, 9.17) is 4.74 Å². The average Bonchev–Trinajstić information content (AvgIpc) is 2.48. The number of nitrogens with zero attached hydrogens (tertiary/aromatic N) is 1. The second kappa shape index (κ2) is 9.37. The van der Waals surface area contributed by atoms with Crippen LogP contribution in [0.4, 0.5) is 0 Å². The average molecular weight is 278 g/mol. The Hall–Kier alpha value is -1.55. The molecule has 0 heterocycles. The third-order valence-electron chi connectivity index (χ3n) is 3.24. The first-order chi connectivity index (χ1) is 9.71. The van der Waals surface area contributed by atoms with Crippen LogP contribution in [0.3, 0.4) is 0 Å². The van der Waals surface area contributed by atoms with Crippen molar-refractivity contribution in [2.24, 2.45) is 0 Å². The second-order valence-electron chi connectivity index (χ2n) is 4.60. The Balaban J connectivity index is 2.39. The van der Waals surface area contributed by atoms with Gasteiger partial charge in [-0.15, -0.1) is 0 Å². The molecule has 1 amide bonds. The van der Waals surface area contributed by atoms with E-state index in [1.165, 1.54) is 5.56 Å². The van der Waals surface area contributed by atoms with Gasteiger partial charge < -0.3 is 15.0 Å². The van der Waals surface area contributed by atoms with Crippen molar-refractivity contribution in [1.29, 1.82) is 0 Å². The Labute approximate surface area is 122 Å². The van der Waals surface area contributed by atoms with Crippen LogP contribution in [0.2, 0.25) is 0 Å². The normalized spacial score (nSPS) is 10.3. The fourth-order valence-electron chi connectivity index (χ4n) is 1.97. The smallest absolute Gasteiger partial charge is 0.260 e. The lowest BCUT2D eigenvalue weighted by Gasteiger charge is -2.18. The zero-order valence-corrected chi connectivity index (χ0v) is 12.8. The summed E-state index contributed by atoms with van der Waals surface area (Å²) < 4.78 is 5.53. The molecule has 1 aromatic rings. The molecule has 0 aromatic heterocycles. The molecule has 0 saturated carbocycles. The second-order valence-corrected chi connectivity index (χ2v) is 4.60. The molecule has 1 rings (SSSR count). The van der Waals surface area contributed by atoms with Gasteiger partial charge in [0, 0.05) is 13.1 Å². The van der Waals surface area contributed by atoms with Crippen molar-refractivity contribution in [3.05, 3.63) is 29.8 Å². The summed E-state index contributed by atoms with van der Waals surface area (Å²) in [4.78, 5) is 13.6. The maximum Gasteiger partial charge on any atom is 0.260 e. The molecule has 0 aliphatic carbocycles. The van der Waals surface area contributed by atoms with Crippen LogP contribution in [0.5, 0.6) is 5.75 Å². The van der Waals surface area contributed by atoms with Gasteiger partial charge in [-0.1, -0.05) is 19.1 Å². The lowest BCUT2D eigenvalue weighted by atomic mass is 10.1. The quantitative estimate of drug-likeness (QED) is 0.703. The van der Waals surface area contributed by atoms with Gasteiger partial charge in [-0.25, -0.2) is 0 Å². The van der Waals surface area contributed by atoms with E-state index in [9.17, 15) is 4.79 Å². The number of rotatable bonds is 9. The molecule has 0 atom stereocenters. The lowest BCUT2D eigenvalue weighted by molar-refractivity contribution is -0.132. The number of likely N-dealkylation sites (N-methyl/N-ethyl adjacent to an activating group) is 2. The molecule has 0 aliphatic rings. The van der Waals surface area contributed by atoms with E-state index in [2.05, 4.69) is 24.4 Å². The summed E-state index contributed by atoms with van der Waals surface area (Å²) in [5.41, 5.74) is 1.27. The van der Waals surface area contributed by atoms with Crippen LogP contribution >= 0.6 is 0 Å². The van der Waals surface area contributed by atoms with Crippen LogP contribution in [-0.4, -0.2) is 43.6 Å². The van der Waals surface area contributed by atoms with Gasteiger partial charge >= 0.3 is 0 Å². The zero-order chi connectivity index (χ0) is 14.8. The first-order valence-corrected chi connectivity index (χ1v) is 7.41. The molecule has 0 bridgehead atoms. The highest BCUT2D eigenvalue weighted by atomic mass is 16.5. The Bertz CT molecular complexity index is 386. The number of nitrogens with one attached hydrogen (secondary N) is 1. The number of hydrogen-bond donors (Lipinski definition) is 1. The third-order valence-corrected chi connectivity index (χ3v) is 3.24. The van der Waals surface area contributed by atoms with Crippen molar-refractivity contribution in [3.63, 3.8) is 0 Å². The highest BCUT2D eigenvalue weighted by molar-refractivity contribution is 5.77. The lowest BCUT2D eigenvalue weighted by Crippen LogP contribution is -2.34. The Kier molecular flexibility index (Phi) is 7.73. The fraction of sp³-hybridized carbons (Fsp3) is 0.562. The van der Waals surface area contributed by atoms with Crippen molar-refractivity contribution in [2.75, 3.05) is 32.8 Å². The van der Waals surface area contributed by atoms with Crippen LogP contribution in [0.25, 0.3) is 0 Å². The van der Waals surface area contributed by atoms with Gasteiger partial charge in [-0.2, -0.15) is 0 Å². The summed E-state index contributed by atoms with van der Waals surface area (Å²) in [5, 5.41) is 3.30. The molecule has 1 N–H and O–H groups in total. The number of carbonyl (C=O) groups is 1. The number of benzene rings is 1. The van der Waals surface area contributed by atoms with Gasteiger partial charge in [0.1, 0.15) is 5.75 Å². The van der Waals surface area contributed by atoms with Crippen molar-refractivity contribution in [1.82, 2.24) is 10.2 Å². The molecule has 0 radical (unpaired) electrons. The summed E-state index contributed by atoms with van der Waals surface area (Å²) in [6, 6.07) is 7.96. The van der Waals surface area contributed by atoms with Gasteiger partial charge in [0.25, 0.3) is 5.91 Å². The van der Waals surface area contributed by atoms with Crippen LogP contribution in [0.1, 0.15) is 26.3 Å². The highest BCUT2D eigenvalue weighted by Crippen LogP contribution is 2.12. The maximum absolute atomic E-state index is 11.8. The van der Waals surface area contributed by atoms with Gasteiger partial charge in [-0.3, -0.25) is 4.79 Å². The molecule has 0 unspecified atom stereocenters. The molecule has 1 aromatic carbocycles. The molecule has 0 spiro atoms. The van der Waals surface area contributed by atoms with Crippen molar-refractivity contribution in [3.8, 4) is 5.75 Å². The summed E-state index contributed by atoms with van der Waals surface area (Å²) in [6.45, 7) is 9.58. The number of amides is 1. The largest absolute Gasteiger partial charge is 0.484 e. The summed E-state index contributed by atoms with van der Waals surface area (Å²) in [6.07, 6.45) is 1.01. The zero-order valence-electron chi connectivity index (χ0n) is 12.8. The van der Waals surface area contributed by atoms with E-state index in [-0.39, 0.29) is 12.5 Å². The molecule has 4 heteroatoms. The molecule has 0 aliphatic heterocycles. The highest BCUT2D eigenvalue weighted by Gasteiger charge is 2.09. The predicted molar refractivity (Wildman–Crippen MR) is 82.1 cm³/mol. The van der Waals surface area contributed by atoms with E-state index in [0.717, 1.165) is 38.3 Å². The number of ether oxygens (including phenoxy) is 1. The topological polar surface area (TPSA) is 41.6 Å². The van der Waals surface area contributed by atoms with Crippen molar-refractivity contribution in [2.45, 2.75) is 27.2 Å². The van der Waals surface area contributed by atoms with Crippen molar-refractivity contribution < 1.29 is 9.53 Å². The van der Waals surface area contributed by atoms with E-state index in [1.54, 1.807) is 4.90 Å². The predicted octanol–water partition coefficient (Wildman–Crippen LogP) is 2.09. The molecule has 0 fully saturated rings. The number of carbonyl (C=O) groups excluding carboxylic acids is 1. The minimum absolute atomic E-state index is 0.0335.